The van der Waals surface area contributed by atoms with E-state index in [9.17, 15) is 0 Å². The molecule has 0 fully saturated rings. The largest absolute Gasteiger partial charge is 0.406 e. The second-order valence-corrected chi connectivity index (χ2v) is 5.33. The fourth-order valence-corrected chi connectivity index (χ4v) is 2.91. The number of nitrogens with one attached hydrogen (secondary N) is 2. The van der Waals surface area contributed by atoms with E-state index in [1.54, 1.807) is 0 Å². The summed E-state index contributed by atoms with van der Waals surface area (Å²) in [6.07, 6.45) is 0. The average molecular weight is 274 g/mol. The highest BCUT2D eigenvalue weighted by Gasteiger charge is 2.24. The van der Waals surface area contributed by atoms with Gasteiger partial charge in [0.15, 0.2) is 0 Å². The molecule has 0 amide bonds. The van der Waals surface area contributed by atoms with Crippen LogP contribution in [0.15, 0.2) is 60.7 Å². The summed E-state index contributed by atoms with van der Waals surface area (Å²) < 4.78 is 0. The van der Waals surface area contributed by atoms with Gasteiger partial charge in [0.2, 0.25) is 0 Å². The van der Waals surface area contributed by atoms with Crippen molar-refractivity contribution in [3.05, 3.63) is 66.2 Å². The Morgan fingerprint density at radius 3 is 2.00 bits per heavy atom. The van der Waals surface area contributed by atoms with E-state index in [1.165, 1.54) is 10.8 Å². The molecule has 0 radical (unpaired) electrons. The van der Waals surface area contributed by atoms with Gasteiger partial charge in [0.1, 0.15) is 0 Å². The van der Waals surface area contributed by atoms with E-state index in [0.717, 1.165) is 22.4 Å². The van der Waals surface area contributed by atoms with Crippen LogP contribution in [-0.4, -0.2) is 12.1 Å². The Labute approximate surface area is 123 Å². The molecule has 0 atom stereocenters. The molecule has 1 heterocycles. The second-order valence-electron chi connectivity index (χ2n) is 5.33. The first-order valence-corrected chi connectivity index (χ1v) is 7.10. The van der Waals surface area contributed by atoms with Crippen LogP contribution in [-0.2, 0) is 6.61 Å². The van der Waals surface area contributed by atoms with Crippen molar-refractivity contribution in [3.8, 4) is 0 Å². The smallest absolute Gasteiger partial charge is 0.405 e. The first kappa shape index (κ1) is 12.3. The van der Waals surface area contributed by atoms with Gasteiger partial charge < -0.3 is 15.6 Å². The number of benzene rings is 3. The summed E-state index contributed by atoms with van der Waals surface area (Å²) in [6.45, 7) is 0.117. The van der Waals surface area contributed by atoms with Crippen LogP contribution in [0, 0.1) is 0 Å². The lowest BCUT2D eigenvalue weighted by atomic mass is 9.66. The van der Waals surface area contributed by atoms with Crippen LogP contribution in [0.25, 0.3) is 10.8 Å². The monoisotopic (exact) mass is 274 g/mol. The van der Waals surface area contributed by atoms with Crippen molar-refractivity contribution in [1.29, 1.82) is 0 Å². The van der Waals surface area contributed by atoms with Crippen LogP contribution in [0.1, 0.15) is 5.56 Å². The van der Waals surface area contributed by atoms with Crippen molar-refractivity contribution in [2.24, 2.45) is 0 Å². The summed E-state index contributed by atoms with van der Waals surface area (Å²) in [7, 11) is 0. The van der Waals surface area contributed by atoms with Crippen LogP contribution in [0.2, 0.25) is 0 Å². The maximum Gasteiger partial charge on any atom is 0.406 e. The van der Waals surface area contributed by atoms with Crippen LogP contribution in [0.5, 0.6) is 0 Å². The van der Waals surface area contributed by atoms with Gasteiger partial charge in [-0.2, -0.15) is 0 Å². The lowest BCUT2D eigenvalue weighted by Crippen LogP contribution is -2.47. The summed E-state index contributed by atoms with van der Waals surface area (Å²) in [4.78, 5) is 0. The molecule has 4 rings (SSSR count). The quantitative estimate of drug-likeness (QED) is 0.629. The van der Waals surface area contributed by atoms with Gasteiger partial charge >= 0.3 is 6.98 Å². The molecule has 102 valence electrons. The lowest BCUT2D eigenvalue weighted by molar-refractivity contribution is 0.282. The number of aliphatic hydroxyl groups excluding tert-OH is 1. The standard InChI is InChI=1S/C17H15BN2O/c21-11-12-7-9-14(10-8-12)18-19-15-5-1-3-13-4-2-6-16(20-18)17(13)15/h1-10,19-21H,11H2. The Hall–Kier alpha value is -2.46. The summed E-state index contributed by atoms with van der Waals surface area (Å²) in [6, 6.07) is 20.6. The van der Waals surface area contributed by atoms with Gasteiger partial charge in [-0.15, -0.1) is 0 Å². The molecule has 0 saturated heterocycles. The van der Waals surface area contributed by atoms with Crippen molar-refractivity contribution >= 4 is 34.6 Å². The molecule has 3 aromatic rings. The summed E-state index contributed by atoms with van der Waals surface area (Å²) in [5.74, 6) is 0. The van der Waals surface area contributed by atoms with Crippen LogP contribution >= 0.6 is 0 Å². The molecule has 0 bridgehead atoms. The highest BCUT2D eigenvalue weighted by Crippen LogP contribution is 2.33. The Balaban J connectivity index is 1.75. The molecule has 3 N–H and O–H groups in total. The maximum atomic E-state index is 9.14. The molecule has 3 aromatic carbocycles. The number of hydrogen-bond acceptors (Lipinski definition) is 3. The van der Waals surface area contributed by atoms with E-state index in [-0.39, 0.29) is 13.6 Å². The van der Waals surface area contributed by atoms with E-state index in [0.29, 0.717) is 0 Å². The average Bonchev–Trinajstić information content (AvgIpc) is 2.55. The zero-order valence-corrected chi connectivity index (χ0v) is 11.5. The van der Waals surface area contributed by atoms with Gasteiger partial charge in [-0.25, -0.2) is 0 Å². The summed E-state index contributed by atoms with van der Waals surface area (Å²) >= 11 is 0. The van der Waals surface area contributed by atoms with Crippen LogP contribution in [0.3, 0.4) is 0 Å². The third-order valence-corrected chi connectivity index (χ3v) is 4.00. The molecule has 3 nitrogen and oxygen atoms in total. The van der Waals surface area contributed by atoms with E-state index in [1.807, 2.05) is 24.3 Å². The third kappa shape index (κ3) is 2.04. The fraction of sp³-hybridized carbons (Fsp3) is 0.0588. The number of anilines is 2. The third-order valence-electron chi connectivity index (χ3n) is 4.00. The Morgan fingerprint density at radius 2 is 1.43 bits per heavy atom. The molecule has 21 heavy (non-hydrogen) atoms. The summed E-state index contributed by atoms with van der Waals surface area (Å²) in [5, 5.41) is 18.7. The Bertz CT molecular complexity index is 761. The first-order chi connectivity index (χ1) is 10.3. The first-order valence-electron chi connectivity index (χ1n) is 7.10. The molecule has 0 aliphatic carbocycles. The van der Waals surface area contributed by atoms with E-state index < -0.39 is 0 Å². The van der Waals surface area contributed by atoms with Gasteiger partial charge in [0.25, 0.3) is 0 Å². The van der Waals surface area contributed by atoms with Crippen molar-refractivity contribution in [2.75, 3.05) is 10.5 Å². The lowest BCUT2D eigenvalue weighted by Gasteiger charge is -2.26. The predicted octanol–water partition coefficient (Wildman–Crippen LogP) is 2.56. The van der Waals surface area contributed by atoms with E-state index in [2.05, 4.69) is 46.9 Å². The highest BCUT2D eigenvalue weighted by atomic mass is 16.3. The fourth-order valence-electron chi connectivity index (χ4n) is 2.91. The van der Waals surface area contributed by atoms with E-state index >= 15 is 0 Å². The zero-order chi connectivity index (χ0) is 14.2. The normalized spacial score (nSPS) is 12.9. The predicted molar refractivity (Wildman–Crippen MR) is 88.9 cm³/mol. The van der Waals surface area contributed by atoms with Crippen molar-refractivity contribution < 1.29 is 5.11 Å². The van der Waals surface area contributed by atoms with Crippen molar-refractivity contribution in [3.63, 3.8) is 0 Å². The Morgan fingerprint density at radius 1 is 0.810 bits per heavy atom. The molecule has 0 unspecified atom stereocenters. The molecular formula is C17H15BN2O. The topological polar surface area (TPSA) is 44.3 Å². The molecule has 0 aromatic heterocycles. The molecule has 0 spiro atoms. The maximum absolute atomic E-state index is 9.14. The van der Waals surface area contributed by atoms with Crippen LogP contribution < -0.4 is 15.9 Å². The van der Waals surface area contributed by atoms with Gasteiger partial charge in [-0.3, -0.25) is 0 Å². The molecule has 4 heteroatoms. The minimum atomic E-state index is 0.0400. The summed E-state index contributed by atoms with van der Waals surface area (Å²) in [5.41, 5.74) is 4.38. The molecule has 0 saturated carbocycles. The second kappa shape index (κ2) is 4.83. The number of rotatable bonds is 2. The minimum absolute atomic E-state index is 0.0400. The van der Waals surface area contributed by atoms with Crippen molar-refractivity contribution in [2.45, 2.75) is 6.61 Å². The van der Waals surface area contributed by atoms with Crippen molar-refractivity contribution in [1.82, 2.24) is 0 Å². The van der Waals surface area contributed by atoms with Crippen LogP contribution in [0.4, 0.5) is 11.4 Å². The minimum Gasteiger partial charge on any atom is -0.405 e. The Kier molecular flexibility index (Phi) is 2.83. The van der Waals surface area contributed by atoms with Gasteiger partial charge in [0, 0.05) is 16.8 Å². The van der Waals surface area contributed by atoms with Gasteiger partial charge in [0.05, 0.1) is 6.61 Å². The highest BCUT2D eigenvalue weighted by molar-refractivity contribution is 6.80. The zero-order valence-electron chi connectivity index (χ0n) is 11.5. The van der Waals surface area contributed by atoms with E-state index in [4.69, 9.17) is 5.11 Å². The molecular weight excluding hydrogens is 259 g/mol. The molecule has 1 aliphatic heterocycles. The van der Waals surface area contributed by atoms with Gasteiger partial charge in [-0.1, -0.05) is 48.5 Å². The van der Waals surface area contributed by atoms with Gasteiger partial charge in [-0.05, 0) is 28.5 Å². The number of hydrogen-bond donors (Lipinski definition) is 3. The number of aliphatic hydroxyl groups is 1. The molecule has 1 aliphatic rings. The SMILES string of the molecule is OCc1ccc(B2Nc3cccc4cccc(c34)N2)cc1.